The van der Waals surface area contributed by atoms with Crippen LogP contribution < -0.4 is 15.2 Å². The van der Waals surface area contributed by atoms with Gasteiger partial charge < -0.3 is 15.2 Å². The quantitative estimate of drug-likeness (QED) is 0.918. The molecule has 0 saturated heterocycles. The maximum absolute atomic E-state index is 5.95. The summed E-state index contributed by atoms with van der Waals surface area (Å²) in [5, 5.41) is 8.12. The zero-order valence-corrected chi connectivity index (χ0v) is 11.0. The molecular weight excluding hydrogens is 256 g/mol. The number of ether oxygens (including phenoxy) is 2. The highest BCUT2D eigenvalue weighted by Gasteiger charge is 2.32. The third kappa shape index (κ3) is 1.97. The van der Waals surface area contributed by atoms with E-state index in [0.29, 0.717) is 24.9 Å². The lowest BCUT2D eigenvalue weighted by atomic mass is 10.2. The van der Waals surface area contributed by atoms with E-state index in [9.17, 15) is 0 Å². The molecule has 1 aliphatic heterocycles. The van der Waals surface area contributed by atoms with Crippen molar-refractivity contribution in [2.45, 2.75) is 31.4 Å². The van der Waals surface area contributed by atoms with E-state index in [1.807, 2.05) is 28.9 Å². The van der Waals surface area contributed by atoms with E-state index in [0.717, 1.165) is 17.2 Å². The maximum atomic E-state index is 5.95. The Balaban J connectivity index is 1.53. The molecule has 20 heavy (non-hydrogen) atoms. The van der Waals surface area contributed by atoms with E-state index < -0.39 is 0 Å². The summed E-state index contributed by atoms with van der Waals surface area (Å²) >= 11 is 0. The first kappa shape index (κ1) is 11.6. The van der Waals surface area contributed by atoms with Gasteiger partial charge in [0.05, 0.1) is 12.2 Å². The lowest BCUT2D eigenvalue weighted by Crippen LogP contribution is -2.34. The van der Waals surface area contributed by atoms with Crippen molar-refractivity contribution in [3.8, 4) is 11.5 Å². The molecule has 0 bridgehead atoms. The van der Waals surface area contributed by atoms with Crippen LogP contribution in [0.15, 0.2) is 24.3 Å². The fourth-order valence-corrected chi connectivity index (χ4v) is 2.59. The van der Waals surface area contributed by atoms with Gasteiger partial charge in [0.15, 0.2) is 23.4 Å². The third-order valence-electron chi connectivity index (χ3n) is 3.71. The second-order valence-electron chi connectivity index (χ2n) is 5.31. The van der Waals surface area contributed by atoms with Crippen molar-refractivity contribution in [2.24, 2.45) is 0 Å². The van der Waals surface area contributed by atoms with Crippen LogP contribution in [0.4, 0.5) is 5.82 Å². The molecule has 0 amide bonds. The van der Waals surface area contributed by atoms with Gasteiger partial charge in [-0.3, -0.25) is 0 Å². The Labute approximate surface area is 116 Å². The molecule has 1 saturated carbocycles. The number of benzene rings is 1. The number of rotatable bonds is 3. The average molecular weight is 272 g/mol. The number of nitrogen functional groups attached to an aromatic ring is 1. The van der Waals surface area contributed by atoms with Crippen LogP contribution in [0.5, 0.6) is 11.5 Å². The molecule has 2 N–H and O–H groups in total. The van der Waals surface area contributed by atoms with Crippen molar-refractivity contribution in [2.75, 3.05) is 12.3 Å². The Kier molecular flexibility index (Phi) is 2.55. The Morgan fingerprint density at radius 3 is 2.85 bits per heavy atom. The molecule has 1 aliphatic carbocycles. The third-order valence-corrected chi connectivity index (χ3v) is 3.71. The highest BCUT2D eigenvalue weighted by atomic mass is 16.6. The van der Waals surface area contributed by atoms with Crippen molar-refractivity contribution < 1.29 is 9.47 Å². The molecular formula is C14H16N4O2. The van der Waals surface area contributed by atoms with Gasteiger partial charge in [0, 0.05) is 5.92 Å². The number of hydrogen-bond donors (Lipinski definition) is 1. The molecule has 0 spiro atoms. The van der Waals surface area contributed by atoms with E-state index in [-0.39, 0.29) is 6.10 Å². The minimum absolute atomic E-state index is 0.0662. The second kappa shape index (κ2) is 4.40. The van der Waals surface area contributed by atoms with Crippen LogP contribution in [0, 0.1) is 0 Å². The van der Waals surface area contributed by atoms with E-state index >= 15 is 0 Å². The highest BCUT2D eigenvalue weighted by molar-refractivity contribution is 5.41. The van der Waals surface area contributed by atoms with Gasteiger partial charge in [0.25, 0.3) is 0 Å². The number of nitrogens with zero attached hydrogens (tertiary/aromatic N) is 3. The number of para-hydroxylation sites is 2. The van der Waals surface area contributed by atoms with Gasteiger partial charge in [-0.05, 0) is 25.0 Å². The van der Waals surface area contributed by atoms with Crippen molar-refractivity contribution in [1.29, 1.82) is 0 Å². The summed E-state index contributed by atoms with van der Waals surface area (Å²) in [7, 11) is 0. The van der Waals surface area contributed by atoms with Gasteiger partial charge >= 0.3 is 0 Å². The van der Waals surface area contributed by atoms with Crippen LogP contribution in [-0.2, 0) is 6.54 Å². The lowest BCUT2D eigenvalue weighted by molar-refractivity contribution is 0.0748. The van der Waals surface area contributed by atoms with E-state index in [4.69, 9.17) is 15.2 Å². The molecule has 6 heteroatoms. The van der Waals surface area contributed by atoms with E-state index in [1.54, 1.807) is 0 Å². The van der Waals surface area contributed by atoms with Gasteiger partial charge in [-0.15, -0.1) is 5.10 Å². The predicted molar refractivity (Wildman–Crippen MR) is 72.8 cm³/mol. The molecule has 6 nitrogen and oxygen atoms in total. The molecule has 1 unspecified atom stereocenters. The molecule has 1 aromatic carbocycles. The Bertz CT molecular complexity index is 636. The van der Waals surface area contributed by atoms with Crippen LogP contribution in [0.3, 0.4) is 0 Å². The van der Waals surface area contributed by atoms with Crippen LogP contribution in [-0.4, -0.2) is 27.7 Å². The lowest BCUT2D eigenvalue weighted by Gasteiger charge is -2.26. The summed E-state index contributed by atoms with van der Waals surface area (Å²) in [6.07, 6.45) is 2.27. The van der Waals surface area contributed by atoms with Gasteiger partial charge in [-0.25, -0.2) is 4.68 Å². The first-order chi connectivity index (χ1) is 9.81. The first-order valence-electron chi connectivity index (χ1n) is 6.88. The molecule has 4 rings (SSSR count). The van der Waals surface area contributed by atoms with Crippen molar-refractivity contribution in [1.82, 2.24) is 15.0 Å². The number of fused-ring (bicyclic) bond motifs is 1. The second-order valence-corrected chi connectivity index (χ2v) is 5.31. The van der Waals surface area contributed by atoms with Crippen LogP contribution >= 0.6 is 0 Å². The molecule has 2 aliphatic rings. The molecule has 0 radical (unpaired) electrons. The summed E-state index contributed by atoms with van der Waals surface area (Å²) < 4.78 is 13.5. The van der Waals surface area contributed by atoms with E-state index in [1.165, 1.54) is 12.8 Å². The summed E-state index contributed by atoms with van der Waals surface area (Å²) in [4.78, 5) is 0. The van der Waals surface area contributed by atoms with Crippen LogP contribution in [0.2, 0.25) is 0 Å². The number of anilines is 1. The summed E-state index contributed by atoms with van der Waals surface area (Å²) in [6, 6.07) is 7.70. The minimum Gasteiger partial charge on any atom is -0.486 e. The number of hydrogen-bond acceptors (Lipinski definition) is 5. The zero-order chi connectivity index (χ0) is 13.5. The molecule has 104 valence electrons. The number of aromatic nitrogens is 3. The molecule has 1 aromatic heterocycles. The summed E-state index contributed by atoms with van der Waals surface area (Å²) in [5.74, 6) is 2.64. The average Bonchev–Trinajstić information content (AvgIpc) is 3.24. The summed E-state index contributed by atoms with van der Waals surface area (Å²) in [6.45, 7) is 1.13. The molecule has 2 aromatic rings. The van der Waals surface area contributed by atoms with E-state index in [2.05, 4.69) is 10.3 Å². The minimum atomic E-state index is -0.0662. The fraction of sp³-hybridized carbons (Fsp3) is 0.429. The highest BCUT2D eigenvalue weighted by Crippen LogP contribution is 2.42. The van der Waals surface area contributed by atoms with Gasteiger partial charge in [0.1, 0.15) is 6.61 Å². The fourth-order valence-electron chi connectivity index (χ4n) is 2.59. The Morgan fingerprint density at radius 1 is 1.25 bits per heavy atom. The SMILES string of the molecule is Nc1nnn(CC2COc3ccccc3O2)c1C1CC1. The van der Waals surface area contributed by atoms with Gasteiger partial charge in [0.2, 0.25) is 0 Å². The topological polar surface area (TPSA) is 75.2 Å². The smallest absolute Gasteiger partial charge is 0.169 e. The van der Waals surface area contributed by atoms with Gasteiger partial charge in [-0.1, -0.05) is 17.3 Å². The number of nitrogens with two attached hydrogens (primary N) is 1. The maximum Gasteiger partial charge on any atom is 0.169 e. The standard InChI is InChI=1S/C14H16N4O2/c15-14-13(9-5-6-9)18(17-16-14)7-10-8-19-11-3-1-2-4-12(11)20-10/h1-4,9-10H,5-8,15H2. The van der Waals surface area contributed by atoms with Crippen LogP contribution in [0.25, 0.3) is 0 Å². The zero-order valence-electron chi connectivity index (χ0n) is 11.0. The Hall–Kier alpha value is -2.24. The first-order valence-corrected chi connectivity index (χ1v) is 6.88. The normalized spacial score (nSPS) is 20.9. The van der Waals surface area contributed by atoms with Gasteiger partial charge in [-0.2, -0.15) is 0 Å². The largest absolute Gasteiger partial charge is 0.486 e. The molecule has 2 heterocycles. The molecule has 1 atom stereocenters. The monoisotopic (exact) mass is 272 g/mol. The molecule has 1 fully saturated rings. The Morgan fingerprint density at radius 2 is 2.05 bits per heavy atom. The summed E-state index contributed by atoms with van der Waals surface area (Å²) in [5.41, 5.74) is 6.95. The van der Waals surface area contributed by atoms with Crippen LogP contribution in [0.1, 0.15) is 24.5 Å². The van der Waals surface area contributed by atoms with Crippen molar-refractivity contribution in [3.63, 3.8) is 0 Å². The van der Waals surface area contributed by atoms with Crippen molar-refractivity contribution in [3.05, 3.63) is 30.0 Å². The van der Waals surface area contributed by atoms with Crippen molar-refractivity contribution >= 4 is 5.82 Å². The predicted octanol–water partition coefficient (Wildman–Crippen LogP) is 1.58.